The number of nitrogens with two attached hydrogens (primary N) is 1. The van der Waals surface area contributed by atoms with Crippen molar-refractivity contribution < 1.29 is 4.79 Å². The van der Waals surface area contributed by atoms with Gasteiger partial charge in [-0.25, -0.2) is 0 Å². The average Bonchev–Trinajstić information content (AvgIpc) is 3.06. The number of H-pyrrole nitrogens is 1. The number of anilines is 1. The summed E-state index contributed by atoms with van der Waals surface area (Å²) in [6.07, 6.45) is 0.836. The van der Waals surface area contributed by atoms with E-state index in [-0.39, 0.29) is 11.9 Å². The minimum absolute atomic E-state index is 0.0866. The number of benzene rings is 1. The Hall–Kier alpha value is -2.27. The Bertz CT molecular complexity index is 761. The summed E-state index contributed by atoms with van der Waals surface area (Å²) in [5.74, 6) is -0.0903. The Morgan fingerprint density at radius 1 is 1.38 bits per heavy atom. The lowest BCUT2D eigenvalue weighted by Gasteiger charge is -2.12. The molecule has 0 saturated carbocycles. The Morgan fingerprint density at radius 3 is 3.00 bits per heavy atom. The van der Waals surface area contributed by atoms with Crippen LogP contribution in [0.4, 0.5) is 5.69 Å². The van der Waals surface area contributed by atoms with E-state index in [1.165, 1.54) is 5.56 Å². The van der Waals surface area contributed by atoms with E-state index >= 15 is 0 Å². The number of thiophene rings is 1. The number of hydrogen-bond acceptors (Lipinski definition) is 3. The number of rotatable bonds is 4. The smallest absolute Gasteiger partial charge is 0.267 e. The summed E-state index contributed by atoms with van der Waals surface area (Å²) in [5, 5.41) is 8.12. The van der Waals surface area contributed by atoms with Crippen LogP contribution in [0.2, 0.25) is 0 Å². The second-order valence-corrected chi connectivity index (χ2v) is 6.02. The minimum atomic E-state index is -0.0903. The van der Waals surface area contributed by atoms with Gasteiger partial charge in [0.05, 0.1) is 0 Å². The van der Waals surface area contributed by atoms with Gasteiger partial charge in [-0.05, 0) is 60.0 Å². The summed E-state index contributed by atoms with van der Waals surface area (Å²) in [7, 11) is 0. The van der Waals surface area contributed by atoms with Crippen LogP contribution >= 0.6 is 11.3 Å². The molecule has 1 unspecified atom stereocenters. The molecule has 0 spiro atoms. The predicted octanol–water partition coefficient (Wildman–Crippen LogP) is 3.17. The van der Waals surface area contributed by atoms with E-state index in [4.69, 9.17) is 5.73 Å². The average molecular weight is 299 g/mol. The molecule has 0 fully saturated rings. The van der Waals surface area contributed by atoms with Gasteiger partial charge in [0.15, 0.2) is 0 Å². The first kappa shape index (κ1) is 13.7. The second-order valence-electron chi connectivity index (χ2n) is 5.24. The lowest BCUT2D eigenvalue weighted by Crippen LogP contribution is -2.34. The third-order valence-electron chi connectivity index (χ3n) is 3.39. The van der Waals surface area contributed by atoms with Crippen LogP contribution in [0, 0.1) is 0 Å². The number of carbonyl (C=O) groups excluding carboxylic acids is 1. The number of aromatic nitrogens is 1. The van der Waals surface area contributed by atoms with Gasteiger partial charge in [0, 0.05) is 22.6 Å². The third kappa shape index (κ3) is 3.08. The molecule has 108 valence electrons. The Kier molecular flexibility index (Phi) is 3.66. The van der Waals surface area contributed by atoms with Crippen LogP contribution in [0.15, 0.2) is 41.1 Å². The summed E-state index contributed by atoms with van der Waals surface area (Å²) in [6.45, 7) is 2.01. The zero-order valence-corrected chi connectivity index (χ0v) is 12.5. The molecule has 1 aromatic carbocycles. The van der Waals surface area contributed by atoms with E-state index in [2.05, 4.69) is 21.7 Å². The van der Waals surface area contributed by atoms with Crippen LogP contribution in [-0.4, -0.2) is 16.9 Å². The van der Waals surface area contributed by atoms with Crippen LogP contribution in [0.1, 0.15) is 23.0 Å². The highest BCUT2D eigenvalue weighted by Gasteiger charge is 2.13. The molecule has 3 aromatic rings. The first-order chi connectivity index (χ1) is 10.1. The maximum atomic E-state index is 12.3. The van der Waals surface area contributed by atoms with Gasteiger partial charge in [0.25, 0.3) is 5.91 Å². The highest BCUT2D eigenvalue weighted by atomic mass is 32.1. The van der Waals surface area contributed by atoms with Crippen molar-refractivity contribution in [1.82, 2.24) is 10.3 Å². The van der Waals surface area contributed by atoms with E-state index in [1.807, 2.05) is 36.6 Å². The number of carbonyl (C=O) groups is 1. The largest absolute Gasteiger partial charge is 0.399 e. The van der Waals surface area contributed by atoms with Crippen molar-refractivity contribution in [2.75, 3.05) is 5.73 Å². The second kappa shape index (κ2) is 5.61. The summed E-state index contributed by atoms with van der Waals surface area (Å²) in [4.78, 5) is 15.4. The zero-order valence-electron chi connectivity index (χ0n) is 11.7. The van der Waals surface area contributed by atoms with E-state index in [9.17, 15) is 4.79 Å². The standard InChI is InChI=1S/C16H17N3OS/c1-10(6-11-4-5-21-9-11)18-16(20)15-8-12-7-13(17)2-3-14(12)19-15/h2-5,7-10,19H,6,17H2,1H3,(H,18,20). The molecule has 2 heterocycles. The number of fused-ring (bicyclic) bond motifs is 1. The van der Waals surface area contributed by atoms with Gasteiger partial charge < -0.3 is 16.0 Å². The number of nitrogens with one attached hydrogen (secondary N) is 2. The molecule has 1 amide bonds. The molecule has 0 saturated heterocycles. The monoisotopic (exact) mass is 299 g/mol. The normalized spacial score (nSPS) is 12.4. The molecule has 0 bridgehead atoms. The van der Waals surface area contributed by atoms with E-state index in [0.717, 1.165) is 17.3 Å². The van der Waals surface area contributed by atoms with Gasteiger partial charge in [0.1, 0.15) is 5.69 Å². The van der Waals surface area contributed by atoms with Crippen molar-refractivity contribution in [3.63, 3.8) is 0 Å². The quantitative estimate of drug-likeness (QED) is 0.648. The van der Waals surface area contributed by atoms with Gasteiger partial charge in [-0.3, -0.25) is 4.79 Å². The van der Waals surface area contributed by atoms with Crippen LogP contribution in [0.25, 0.3) is 10.9 Å². The Labute approximate surface area is 127 Å². The summed E-state index contributed by atoms with van der Waals surface area (Å²) in [6, 6.07) is 9.56. The molecular weight excluding hydrogens is 282 g/mol. The fourth-order valence-corrected chi connectivity index (χ4v) is 3.07. The zero-order chi connectivity index (χ0) is 14.8. The topological polar surface area (TPSA) is 70.9 Å². The van der Waals surface area contributed by atoms with Gasteiger partial charge in [-0.1, -0.05) is 0 Å². The van der Waals surface area contributed by atoms with Crippen molar-refractivity contribution in [1.29, 1.82) is 0 Å². The van der Waals surface area contributed by atoms with Crippen molar-refractivity contribution in [2.24, 2.45) is 0 Å². The third-order valence-corrected chi connectivity index (χ3v) is 4.12. The highest BCUT2D eigenvalue weighted by Crippen LogP contribution is 2.18. The van der Waals surface area contributed by atoms with E-state index in [0.29, 0.717) is 11.4 Å². The lowest BCUT2D eigenvalue weighted by atomic mass is 10.1. The van der Waals surface area contributed by atoms with Crippen LogP contribution in [-0.2, 0) is 6.42 Å². The maximum Gasteiger partial charge on any atom is 0.267 e. The SMILES string of the molecule is CC(Cc1ccsc1)NC(=O)c1cc2cc(N)ccc2[nH]1. The first-order valence-corrected chi connectivity index (χ1v) is 7.76. The van der Waals surface area contributed by atoms with Crippen LogP contribution < -0.4 is 11.1 Å². The van der Waals surface area contributed by atoms with Crippen LogP contribution in [0.5, 0.6) is 0 Å². The Balaban J connectivity index is 1.71. The van der Waals surface area contributed by atoms with Crippen molar-refractivity contribution in [3.05, 3.63) is 52.3 Å². The minimum Gasteiger partial charge on any atom is -0.399 e. The molecule has 2 aromatic heterocycles. The molecule has 0 aliphatic rings. The summed E-state index contributed by atoms with van der Waals surface area (Å²) >= 11 is 1.67. The number of hydrogen-bond donors (Lipinski definition) is 3. The maximum absolute atomic E-state index is 12.3. The lowest BCUT2D eigenvalue weighted by molar-refractivity contribution is 0.0936. The highest BCUT2D eigenvalue weighted by molar-refractivity contribution is 7.07. The van der Waals surface area contributed by atoms with Crippen LogP contribution in [0.3, 0.4) is 0 Å². The molecule has 0 radical (unpaired) electrons. The first-order valence-electron chi connectivity index (χ1n) is 6.82. The van der Waals surface area contributed by atoms with Crippen molar-refractivity contribution >= 4 is 33.8 Å². The molecule has 4 N–H and O–H groups in total. The van der Waals surface area contributed by atoms with Gasteiger partial charge >= 0.3 is 0 Å². The van der Waals surface area contributed by atoms with Gasteiger partial charge in [-0.2, -0.15) is 11.3 Å². The van der Waals surface area contributed by atoms with Crippen molar-refractivity contribution in [3.8, 4) is 0 Å². The fraction of sp³-hybridized carbons (Fsp3) is 0.188. The molecule has 21 heavy (non-hydrogen) atoms. The summed E-state index contributed by atoms with van der Waals surface area (Å²) in [5.41, 5.74) is 9.17. The predicted molar refractivity (Wildman–Crippen MR) is 87.7 cm³/mol. The van der Waals surface area contributed by atoms with E-state index < -0.39 is 0 Å². The van der Waals surface area contributed by atoms with Gasteiger partial charge in [-0.15, -0.1) is 0 Å². The molecular formula is C16H17N3OS. The molecule has 3 rings (SSSR count). The number of aromatic amines is 1. The Morgan fingerprint density at radius 2 is 2.24 bits per heavy atom. The fourth-order valence-electron chi connectivity index (χ4n) is 2.39. The summed E-state index contributed by atoms with van der Waals surface area (Å²) < 4.78 is 0. The number of amides is 1. The molecule has 0 aliphatic heterocycles. The van der Waals surface area contributed by atoms with Gasteiger partial charge in [0.2, 0.25) is 0 Å². The molecule has 0 aliphatic carbocycles. The van der Waals surface area contributed by atoms with E-state index in [1.54, 1.807) is 11.3 Å². The molecule has 5 heteroatoms. The molecule has 4 nitrogen and oxygen atoms in total. The van der Waals surface area contributed by atoms with Crippen molar-refractivity contribution in [2.45, 2.75) is 19.4 Å². The molecule has 1 atom stereocenters. The number of nitrogen functional groups attached to an aromatic ring is 1.